The highest BCUT2D eigenvalue weighted by molar-refractivity contribution is 6.60. The number of aryl methyl sites for hydroxylation is 1. The number of nitrogens with zero attached hydrogens (tertiary/aromatic N) is 1. The molecule has 0 spiro atoms. The summed E-state index contributed by atoms with van der Waals surface area (Å²) in [5.74, 6) is 0.395. The Bertz CT molecular complexity index is 695. The number of amides is 1. The second-order valence-electron chi connectivity index (χ2n) is 5.02. The highest BCUT2D eigenvalue weighted by Crippen LogP contribution is 2.13. The Morgan fingerprint density at radius 1 is 1.36 bits per heavy atom. The Balaban J connectivity index is 2.22. The summed E-state index contributed by atoms with van der Waals surface area (Å²) in [7, 11) is -0.132. The fraction of sp³-hybridized carbons (Fsp3) is 0.200. The van der Waals surface area contributed by atoms with E-state index in [0.29, 0.717) is 24.2 Å². The Morgan fingerprint density at radius 3 is 2.64 bits per heavy atom. The molecular weight excluding hydrogens is 285 g/mol. The first kappa shape index (κ1) is 16.0. The summed E-state index contributed by atoms with van der Waals surface area (Å²) in [5.41, 5.74) is 1.38. The topological polar surface area (TPSA) is 91.0 Å². The molecule has 6 nitrogen and oxygen atoms in total. The van der Waals surface area contributed by atoms with E-state index in [1.807, 2.05) is 13.0 Å². The van der Waals surface area contributed by atoms with Gasteiger partial charge in [0.25, 0.3) is 5.91 Å². The monoisotopic (exact) mass is 301 g/mol. The maximum absolute atomic E-state index is 12.4. The third kappa shape index (κ3) is 3.27. The molecule has 1 heterocycles. The first-order chi connectivity index (χ1) is 10.4. The fourth-order valence-electron chi connectivity index (χ4n) is 2.12. The summed E-state index contributed by atoms with van der Waals surface area (Å²) < 4.78 is 5.30. The molecule has 2 aromatic rings. The summed E-state index contributed by atoms with van der Waals surface area (Å²) in [5, 5.41) is 18.3. The van der Waals surface area contributed by atoms with Crippen LogP contribution in [-0.4, -0.2) is 41.3 Å². The van der Waals surface area contributed by atoms with Crippen LogP contribution in [0.3, 0.4) is 0 Å². The van der Waals surface area contributed by atoms with Crippen LogP contribution in [0.2, 0.25) is 0 Å². The molecule has 0 saturated carbocycles. The van der Waals surface area contributed by atoms with Crippen molar-refractivity contribution in [3.63, 3.8) is 0 Å². The second kappa shape index (κ2) is 6.59. The van der Waals surface area contributed by atoms with Crippen molar-refractivity contribution in [2.24, 2.45) is 0 Å². The number of carbonyl (C=O) groups excluding carboxylic acids is 2. The average Bonchev–Trinajstić information content (AvgIpc) is 2.90. The SMILES string of the molecule is Cc1ccoc1CN(C)C(=O)c1ccc(B(O)O)c(C=O)c1. The molecule has 0 fully saturated rings. The zero-order chi connectivity index (χ0) is 16.3. The molecule has 1 aromatic carbocycles. The number of carbonyl (C=O) groups is 2. The van der Waals surface area contributed by atoms with Crippen molar-refractivity contribution in [1.82, 2.24) is 4.90 Å². The van der Waals surface area contributed by atoms with E-state index in [4.69, 9.17) is 14.5 Å². The normalized spacial score (nSPS) is 10.4. The number of aldehydes is 1. The lowest BCUT2D eigenvalue weighted by molar-refractivity contribution is 0.0775. The molecule has 0 bridgehead atoms. The molecular formula is C15H16BNO5. The Labute approximate surface area is 128 Å². The Hall–Kier alpha value is -2.38. The first-order valence-electron chi connectivity index (χ1n) is 6.67. The zero-order valence-electron chi connectivity index (χ0n) is 12.3. The maximum Gasteiger partial charge on any atom is 0.489 e. The van der Waals surface area contributed by atoms with Gasteiger partial charge in [-0.2, -0.15) is 0 Å². The molecule has 7 heteroatoms. The summed E-state index contributed by atoms with van der Waals surface area (Å²) in [6.45, 7) is 2.19. The predicted molar refractivity (Wildman–Crippen MR) is 80.9 cm³/mol. The lowest BCUT2D eigenvalue weighted by Crippen LogP contribution is -2.34. The van der Waals surface area contributed by atoms with Crippen molar-refractivity contribution in [2.45, 2.75) is 13.5 Å². The van der Waals surface area contributed by atoms with Crippen molar-refractivity contribution in [3.8, 4) is 0 Å². The number of hydrogen-bond acceptors (Lipinski definition) is 5. The summed E-state index contributed by atoms with van der Waals surface area (Å²) >= 11 is 0. The van der Waals surface area contributed by atoms with Gasteiger partial charge in [0, 0.05) is 18.2 Å². The van der Waals surface area contributed by atoms with Gasteiger partial charge in [0.2, 0.25) is 0 Å². The van der Waals surface area contributed by atoms with Crippen molar-refractivity contribution in [1.29, 1.82) is 0 Å². The van der Waals surface area contributed by atoms with Crippen molar-refractivity contribution in [2.75, 3.05) is 7.05 Å². The van der Waals surface area contributed by atoms with Crippen molar-refractivity contribution < 1.29 is 24.1 Å². The molecule has 0 unspecified atom stereocenters. The van der Waals surface area contributed by atoms with Crippen LogP contribution in [0, 0.1) is 6.92 Å². The van der Waals surface area contributed by atoms with E-state index in [1.165, 1.54) is 23.1 Å². The molecule has 2 rings (SSSR count). The van der Waals surface area contributed by atoms with E-state index in [0.717, 1.165) is 5.56 Å². The molecule has 0 aliphatic rings. The molecule has 0 radical (unpaired) electrons. The van der Waals surface area contributed by atoms with E-state index >= 15 is 0 Å². The molecule has 0 saturated heterocycles. The lowest BCUT2D eigenvalue weighted by atomic mass is 9.77. The molecule has 114 valence electrons. The molecule has 0 aliphatic heterocycles. The van der Waals surface area contributed by atoms with Gasteiger partial charge in [-0.3, -0.25) is 9.59 Å². The van der Waals surface area contributed by atoms with Crippen LogP contribution in [0.4, 0.5) is 0 Å². The number of rotatable bonds is 5. The van der Waals surface area contributed by atoms with E-state index in [-0.39, 0.29) is 16.9 Å². The molecule has 0 aliphatic carbocycles. The minimum absolute atomic E-state index is 0.0658. The molecule has 22 heavy (non-hydrogen) atoms. The van der Waals surface area contributed by atoms with E-state index < -0.39 is 7.12 Å². The minimum Gasteiger partial charge on any atom is -0.467 e. The highest BCUT2D eigenvalue weighted by atomic mass is 16.4. The van der Waals surface area contributed by atoms with Gasteiger partial charge in [0.1, 0.15) is 12.0 Å². The van der Waals surface area contributed by atoms with Crippen LogP contribution >= 0.6 is 0 Å². The smallest absolute Gasteiger partial charge is 0.467 e. The summed E-state index contributed by atoms with van der Waals surface area (Å²) in [4.78, 5) is 24.9. The van der Waals surface area contributed by atoms with Crippen LogP contribution in [0.15, 0.2) is 34.9 Å². The van der Waals surface area contributed by atoms with E-state index in [2.05, 4.69) is 0 Å². The van der Waals surface area contributed by atoms with Gasteiger partial charge in [-0.15, -0.1) is 0 Å². The maximum atomic E-state index is 12.4. The third-order valence-corrected chi connectivity index (χ3v) is 3.43. The van der Waals surface area contributed by atoms with Gasteiger partial charge in [0.05, 0.1) is 12.8 Å². The summed E-state index contributed by atoms with van der Waals surface area (Å²) in [6, 6.07) is 5.97. The lowest BCUT2D eigenvalue weighted by Gasteiger charge is -2.17. The Kier molecular flexibility index (Phi) is 4.80. The molecule has 1 amide bonds. The predicted octanol–water partition coefficient (Wildman–Crippen LogP) is 0.353. The third-order valence-electron chi connectivity index (χ3n) is 3.43. The number of hydrogen-bond donors (Lipinski definition) is 2. The molecule has 0 atom stereocenters. The zero-order valence-corrected chi connectivity index (χ0v) is 12.3. The van der Waals surface area contributed by atoms with Gasteiger partial charge in [-0.25, -0.2) is 0 Å². The first-order valence-corrected chi connectivity index (χ1v) is 6.67. The standard InChI is InChI=1S/C15H16BNO5/c1-10-5-6-22-14(10)8-17(2)15(19)11-3-4-13(16(20)21)12(7-11)9-18/h3-7,9,20-21H,8H2,1-2H3. The minimum atomic E-state index is -1.76. The van der Waals surface area contributed by atoms with E-state index in [9.17, 15) is 9.59 Å². The van der Waals surface area contributed by atoms with Gasteiger partial charge in [0.15, 0.2) is 0 Å². The van der Waals surface area contributed by atoms with Gasteiger partial charge >= 0.3 is 7.12 Å². The highest BCUT2D eigenvalue weighted by Gasteiger charge is 2.20. The van der Waals surface area contributed by atoms with Crippen molar-refractivity contribution in [3.05, 3.63) is 53.0 Å². The quantitative estimate of drug-likeness (QED) is 0.614. The van der Waals surface area contributed by atoms with Gasteiger partial charge in [-0.05, 0) is 36.1 Å². The largest absolute Gasteiger partial charge is 0.489 e. The van der Waals surface area contributed by atoms with Crippen LogP contribution in [0.1, 0.15) is 32.0 Å². The average molecular weight is 301 g/mol. The molecule has 1 aromatic heterocycles. The number of furan rings is 1. The number of benzene rings is 1. The van der Waals surface area contributed by atoms with Crippen LogP contribution in [0.5, 0.6) is 0 Å². The fourth-order valence-corrected chi connectivity index (χ4v) is 2.12. The van der Waals surface area contributed by atoms with E-state index in [1.54, 1.807) is 13.3 Å². The van der Waals surface area contributed by atoms with Crippen molar-refractivity contribution >= 4 is 24.8 Å². The van der Waals surface area contributed by atoms with Crippen LogP contribution in [0.25, 0.3) is 0 Å². The van der Waals surface area contributed by atoms with Gasteiger partial charge in [-0.1, -0.05) is 6.07 Å². The van der Waals surface area contributed by atoms with Crippen LogP contribution < -0.4 is 5.46 Å². The second-order valence-corrected chi connectivity index (χ2v) is 5.02. The molecule has 2 N–H and O–H groups in total. The van der Waals surface area contributed by atoms with Gasteiger partial charge < -0.3 is 19.4 Å². The van der Waals surface area contributed by atoms with Crippen LogP contribution in [-0.2, 0) is 6.54 Å². The summed E-state index contributed by atoms with van der Waals surface area (Å²) in [6.07, 6.45) is 2.05. The Morgan fingerprint density at radius 2 is 2.09 bits per heavy atom.